The zero-order chi connectivity index (χ0) is 23.2. The molecule has 0 fully saturated rings. The van der Waals surface area contributed by atoms with Crippen molar-refractivity contribution in [1.29, 1.82) is 0 Å². The summed E-state index contributed by atoms with van der Waals surface area (Å²) in [5, 5.41) is 51.7. The third kappa shape index (κ3) is 13.6. The Morgan fingerprint density at radius 3 is 0.472 bits per heavy atom. The Morgan fingerprint density at radius 2 is 0.417 bits per heavy atom. The summed E-state index contributed by atoms with van der Waals surface area (Å²) in [5.74, 6) is -8.25. The van der Waals surface area contributed by atoms with Crippen molar-refractivity contribution in [2.24, 2.45) is 0 Å². The molecular formula is C18H18Cu3O15. The maximum atomic E-state index is 10.6. The van der Waals surface area contributed by atoms with E-state index in [2.05, 4.69) is 0 Å². The monoisotopic (exact) mass is 663 g/mol. The summed E-state index contributed by atoms with van der Waals surface area (Å²) in [6.07, 6.45) is 0. The zero-order valence-electron chi connectivity index (χ0n) is 17.0. The molecule has 0 aliphatic rings. The van der Waals surface area contributed by atoms with E-state index in [0.717, 1.165) is 36.4 Å². The van der Waals surface area contributed by atoms with E-state index in [4.69, 9.17) is 30.6 Å². The van der Waals surface area contributed by atoms with Crippen molar-refractivity contribution in [2.45, 2.75) is 0 Å². The maximum absolute atomic E-state index is 10.6. The van der Waals surface area contributed by atoms with Gasteiger partial charge in [0.2, 0.25) is 0 Å². The summed E-state index contributed by atoms with van der Waals surface area (Å²) in [5.41, 5.74) is -2.21. The van der Waals surface area contributed by atoms with Gasteiger partial charge in [0.1, 0.15) is 0 Å². The predicted molar refractivity (Wildman–Crippen MR) is 105 cm³/mol. The van der Waals surface area contributed by atoms with Crippen LogP contribution in [0.25, 0.3) is 0 Å². The van der Waals surface area contributed by atoms with E-state index in [1.165, 1.54) is 0 Å². The Morgan fingerprint density at radius 1 is 0.333 bits per heavy atom. The summed E-state index contributed by atoms with van der Waals surface area (Å²) in [6, 6.07) is 5.40. The molecule has 0 saturated heterocycles. The zero-order valence-corrected chi connectivity index (χ0v) is 19.8. The molecule has 213 valence electrons. The van der Waals surface area contributed by atoms with Gasteiger partial charge in [0, 0.05) is 51.2 Å². The molecule has 2 aromatic rings. The van der Waals surface area contributed by atoms with E-state index < -0.39 is 35.8 Å². The summed E-state index contributed by atoms with van der Waals surface area (Å²) in [6.45, 7) is 0. The number of aromatic carboxylic acids is 6. The van der Waals surface area contributed by atoms with Crippen LogP contribution in [0, 0.1) is 0 Å². The van der Waals surface area contributed by atoms with Crippen molar-refractivity contribution in [1.82, 2.24) is 0 Å². The van der Waals surface area contributed by atoms with Crippen molar-refractivity contribution < 1.29 is 127 Å². The van der Waals surface area contributed by atoms with Crippen LogP contribution in [0.3, 0.4) is 0 Å². The minimum absolute atomic E-state index is 0. The van der Waals surface area contributed by atoms with Crippen molar-refractivity contribution in [3.8, 4) is 0 Å². The minimum Gasteiger partial charge on any atom is -0.478 e. The number of rotatable bonds is 6. The number of carbonyl (C=O) groups is 6. The van der Waals surface area contributed by atoms with Crippen molar-refractivity contribution >= 4 is 35.8 Å². The van der Waals surface area contributed by atoms with E-state index >= 15 is 0 Å². The topological polar surface area (TPSA) is 318 Å². The Kier molecular flexibility index (Phi) is 25.5. The Balaban J connectivity index is -0.000000107. The van der Waals surface area contributed by atoms with Gasteiger partial charge in [-0.2, -0.15) is 0 Å². The molecule has 18 heteroatoms. The van der Waals surface area contributed by atoms with Gasteiger partial charge in [-0.1, -0.05) is 0 Å². The van der Waals surface area contributed by atoms with Gasteiger partial charge in [0.05, 0.1) is 33.4 Å². The molecule has 2 rings (SSSR count). The average molecular weight is 665 g/mol. The van der Waals surface area contributed by atoms with E-state index in [1.807, 2.05) is 0 Å². The van der Waals surface area contributed by atoms with Gasteiger partial charge in [0.15, 0.2) is 0 Å². The third-order valence-electron chi connectivity index (χ3n) is 3.35. The molecule has 2 aromatic carbocycles. The van der Waals surface area contributed by atoms with Crippen molar-refractivity contribution in [3.05, 3.63) is 69.8 Å². The van der Waals surface area contributed by atoms with Gasteiger partial charge in [-0.25, -0.2) is 28.8 Å². The van der Waals surface area contributed by atoms with Gasteiger partial charge < -0.3 is 47.1 Å². The maximum Gasteiger partial charge on any atom is 0.335 e. The van der Waals surface area contributed by atoms with Crippen LogP contribution in [0.2, 0.25) is 0 Å². The molecule has 0 saturated carbocycles. The Bertz CT molecular complexity index is 842. The van der Waals surface area contributed by atoms with E-state index in [0.29, 0.717) is 0 Å². The molecule has 0 unspecified atom stereocenters. The van der Waals surface area contributed by atoms with Crippen LogP contribution in [0.15, 0.2) is 36.4 Å². The largest absolute Gasteiger partial charge is 0.478 e. The summed E-state index contributed by atoms with van der Waals surface area (Å²) in [4.78, 5) is 63.4. The van der Waals surface area contributed by atoms with Crippen LogP contribution in [0.5, 0.6) is 0 Å². The molecule has 0 atom stereocenters. The first-order valence-electron chi connectivity index (χ1n) is 7.53. The molecule has 12 N–H and O–H groups in total. The predicted octanol–water partition coefficient (Wildman–Crippen LogP) is -0.919. The van der Waals surface area contributed by atoms with Crippen LogP contribution >= 0.6 is 0 Å². The van der Waals surface area contributed by atoms with Crippen LogP contribution in [0.1, 0.15) is 62.1 Å². The van der Waals surface area contributed by atoms with E-state index in [1.54, 1.807) is 0 Å². The second-order valence-electron chi connectivity index (χ2n) is 5.43. The van der Waals surface area contributed by atoms with Crippen molar-refractivity contribution in [3.63, 3.8) is 0 Å². The molecular weight excluding hydrogens is 647 g/mol. The number of carboxylic acids is 6. The first-order valence-corrected chi connectivity index (χ1v) is 7.53. The number of carboxylic acid groups (broad SMARTS) is 6. The third-order valence-corrected chi connectivity index (χ3v) is 3.35. The van der Waals surface area contributed by atoms with Crippen molar-refractivity contribution in [2.75, 3.05) is 0 Å². The molecule has 36 heavy (non-hydrogen) atoms. The fraction of sp³-hybridized carbons (Fsp3) is 0. The average Bonchev–Trinajstić information content (AvgIpc) is 2.67. The molecule has 0 bridgehead atoms. The molecule has 3 radical (unpaired) electrons. The Hall–Kier alpha value is -3.30. The van der Waals surface area contributed by atoms with Crippen LogP contribution in [0.4, 0.5) is 0 Å². The molecule has 0 heterocycles. The first kappa shape index (κ1) is 46.1. The van der Waals surface area contributed by atoms with Gasteiger partial charge in [-0.15, -0.1) is 0 Å². The SMILES string of the molecule is O.O.O.O=C(O)c1cc(C(=O)O)cc(C(=O)O)c1.O=C(O)c1cc(C(=O)O)cc(C(=O)O)c1.[Cu].[Cu].[Cu]. The van der Waals surface area contributed by atoms with Crippen LogP contribution in [-0.4, -0.2) is 82.9 Å². The summed E-state index contributed by atoms with van der Waals surface area (Å²) >= 11 is 0. The number of hydrogen-bond donors (Lipinski definition) is 6. The molecule has 0 aliphatic carbocycles. The van der Waals surface area contributed by atoms with Gasteiger partial charge >= 0.3 is 35.8 Å². The van der Waals surface area contributed by atoms with Gasteiger partial charge in [-0.05, 0) is 36.4 Å². The first-order chi connectivity index (χ1) is 13.8. The standard InChI is InChI=1S/2C9H6O6.3Cu.3H2O/c2*10-7(11)4-1-5(8(12)13)3-6(2-4)9(14)15;;;;;;/h2*1-3H,(H,10,11)(H,12,13)(H,14,15);;;;3*1H2. The molecule has 0 aliphatic heterocycles. The van der Waals surface area contributed by atoms with Gasteiger partial charge in [-0.3, -0.25) is 0 Å². The quantitative estimate of drug-likeness (QED) is 0.204. The normalized spacial score (nSPS) is 8.00. The fourth-order valence-electron chi connectivity index (χ4n) is 2.00. The van der Waals surface area contributed by atoms with E-state index in [9.17, 15) is 28.8 Å². The smallest absolute Gasteiger partial charge is 0.335 e. The molecule has 0 spiro atoms. The second-order valence-corrected chi connectivity index (χ2v) is 5.43. The van der Waals surface area contributed by atoms with Gasteiger partial charge in [0.25, 0.3) is 0 Å². The minimum atomic E-state index is -1.37. The van der Waals surface area contributed by atoms with E-state index in [-0.39, 0.29) is 101 Å². The van der Waals surface area contributed by atoms with Crippen LogP contribution in [-0.2, 0) is 51.2 Å². The fourth-order valence-corrected chi connectivity index (χ4v) is 2.00. The Labute approximate surface area is 232 Å². The molecule has 0 amide bonds. The molecule has 15 nitrogen and oxygen atoms in total. The van der Waals surface area contributed by atoms with Crippen LogP contribution < -0.4 is 0 Å². The second kappa shape index (κ2) is 19.9. The number of hydrogen-bond acceptors (Lipinski definition) is 6. The summed E-state index contributed by atoms with van der Waals surface area (Å²) in [7, 11) is 0. The number of benzene rings is 2. The summed E-state index contributed by atoms with van der Waals surface area (Å²) < 4.78 is 0. The molecule has 0 aromatic heterocycles.